The molecule has 0 aliphatic heterocycles. The molecule has 3 aliphatic rings. The van der Waals surface area contributed by atoms with Crippen LogP contribution < -0.4 is 0 Å². The minimum atomic E-state index is -0.481. The van der Waals surface area contributed by atoms with Crippen LogP contribution >= 0.6 is 0 Å². The van der Waals surface area contributed by atoms with Crippen molar-refractivity contribution in [1.29, 1.82) is 0 Å². The number of hydrogen-bond donors (Lipinski definition) is 2. The summed E-state index contributed by atoms with van der Waals surface area (Å²) in [6.45, 7) is 6.86. The fourth-order valence-electron chi connectivity index (χ4n) is 5.10. The van der Waals surface area contributed by atoms with Gasteiger partial charge in [-0.3, -0.25) is 0 Å². The van der Waals surface area contributed by atoms with Gasteiger partial charge in [-0.15, -0.1) is 0 Å². The third kappa shape index (κ3) is 1.53. The minimum Gasteiger partial charge on any atom is -0.393 e. The number of aliphatic hydroxyl groups is 2. The molecule has 0 saturated heterocycles. The maximum Gasteiger partial charge on any atom is 0.0686 e. The molecule has 98 valence electrons. The summed E-state index contributed by atoms with van der Waals surface area (Å²) >= 11 is 0. The summed E-state index contributed by atoms with van der Waals surface area (Å²) in [5, 5.41) is 21.2. The molecular weight excluding hydrogens is 212 g/mol. The molecule has 0 heterocycles. The number of aliphatic hydroxyl groups excluding tert-OH is 1. The summed E-state index contributed by atoms with van der Waals surface area (Å²) < 4.78 is 0. The Kier molecular flexibility index (Phi) is 2.30. The van der Waals surface area contributed by atoms with Gasteiger partial charge >= 0.3 is 0 Å². The zero-order valence-electron chi connectivity index (χ0n) is 11.4. The summed E-state index contributed by atoms with van der Waals surface area (Å²) in [5.41, 5.74) is -0.121. The van der Waals surface area contributed by atoms with Gasteiger partial charge in [0.2, 0.25) is 0 Å². The van der Waals surface area contributed by atoms with Gasteiger partial charge < -0.3 is 10.2 Å². The first-order valence-electron chi connectivity index (χ1n) is 7.17. The van der Waals surface area contributed by atoms with Crippen molar-refractivity contribution in [3.63, 3.8) is 0 Å². The SMILES string of the molecule is CC1(C)C[C@@H]2C1CCC1(C)CC2(O)CC[C@@H]1O. The minimum absolute atomic E-state index is 0.0413. The second-order valence-electron chi connectivity index (χ2n) is 7.93. The van der Waals surface area contributed by atoms with Crippen LogP contribution in [0.15, 0.2) is 0 Å². The molecule has 3 rings (SSSR count). The van der Waals surface area contributed by atoms with Gasteiger partial charge in [-0.05, 0) is 61.2 Å². The molecule has 2 N–H and O–H groups in total. The van der Waals surface area contributed by atoms with E-state index in [9.17, 15) is 10.2 Å². The monoisotopic (exact) mass is 238 g/mol. The summed E-state index contributed by atoms with van der Waals surface area (Å²) in [6, 6.07) is 0. The Bertz CT molecular complexity index is 338. The van der Waals surface area contributed by atoms with Crippen LogP contribution in [0, 0.1) is 22.7 Å². The molecule has 0 aromatic heterocycles. The maximum atomic E-state index is 11.0. The second-order valence-corrected chi connectivity index (χ2v) is 7.93. The lowest BCUT2D eigenvalue weighted by Crippen LogP contribution is -2.57. The van der Waals surface area contributed by atoms with Crippen LogP contribution in [0.3, 0.4) is 0 Å². The van der Waals surface area contributed by atoms with E-state index in [1.807, 2.05) is 0 Å². The van der Waals surface area contributed by atoms with Crippen molar-refractivity contribution in [1.82, 2.24) is 0 Å². The normalized spacial score (nSPS) is 56.6. The molecule has 3 saturated carbocycles. The molecule has 0 radical (unpaired) electrons. The number of hydrogen-bond acceptors (Lipinski definition) is 2. The van der Waals surface area contributed by atoms with Crippen molar-refractivity contribution in [3.05, 3.63) is 0 Å². The van der Waals surface area contributed by atoms with Gasteiger partial charge in [0.15, 0.2) is 0 Å². The molecule has 0 amide bonds. The van der Waals surface area contributed by atoms with Gasteiger partial charge in [0.05, 0.1) is 11.7 Å². The Hall–Kier alpha value is -0.0800. The van der Waals surface area contributed by atoms with E-state index in [0.717, 1.165) is 25.7 Å². The molecule has 2 bridgehead atoms. The van der Waals surface area contributed by atoms with Crippen molar-refractivity contribution >= 4 is 0 Å². The number of rotatable bonds is 0. The molecule has 0 aromatic carbocycles. The molecular formula is C15H26O2. The van der Waals surface area contributed by atoms with Gasteiger partial charge in [0.1, 0.15) is 0 Å². The third-order valence-corrected chi connectivity index (χ3v) is 6.32. The van der Waals surface area contributed by atoms with Crippen molar-refractivity contribution in [2.24, 2.45) is 22.7 Å². The zero-order chi connectivity index (χ0) is 12.5. The lowest BCUT2D eigenvalue weighted by molar-refractivity contribution is -0.176. The van der Waals surface area contributed by atoms with E-state index in [4.69, 9.17) is 0 Å². The lowest BCUT2D eigenvalue weighted by Gasteiger charge is -2.58. The predicted octanol–water partition coefficient (Wildman–Crippen LogP) is 2.72. The van der Waals surface area contributed by atoms with Crippen LogP contribution in [-0.4, -0.2) is 21.9 Å². The average Bonchev–Trinajstić information content (AvgIpc) is 2.28. The Morgan fingerprint density at radius 1 is 1.00 bits per heavy atom. The highest BCUT2D eigenvalue weighted by atomic mass is 16.3. The van der Waals surface area contributed by atoms with Crippen LogP contribution in [0.5, 0.6) is 0 Å². The van der Waals surface area contributed by atoms with Crippen LogP contribution in [0.25, 0.3) is 0 Å². The molecule has 2 nitrogen and oxygen atoms in total. The van der Waals surface area contributed by atoms with E-state index >= 15 is 0 Å². The molecule has 3 fully saturated rings. The van der Waals surface area contributed by atoms with Gasteiger partial charge in [0.25, 0.3) is 0 Å². The van der Waals surface area contributed by atoms with Gasteiger partial charge in [0, 0.05) is 0 Å². The quantitative estimate of drug-likeness (QED) is 0.681. The van der Waals surface area contributed by atoms with Crippen LogP contribution in [0.1, 0.15) is 59.3 Å². The molecule has 17 heavy (non-hydrogen) atoms. The second kappa shape index (κ2) is 3.27. The van der Waals surface area contributed by atoms with Gasteiger partial charge in [-0.25, -0.2) is 0 Å². The smallest absolute Gasteiger partial charge is 0.0686 e. The van der Waals surface area contributed by atoms with Crippen LogP contribution in [-0.2, 0) is 0 Å². The first-order chi connectivity index (χ1) is 7.77. The molecule has 3 aliphatic carbocycles. The van der Waals surface area contributed by atoms with Gasteiger partial charge in [-0.2, -0.15) is 0 Å². The summed E-state index contributed by atoms with van der Waals surface area (Å²) in [7, 11) is 0. The lowest BCUT2D eigenvalue weighted by atomic mass is 9.49. The zero-order valence-corrected chi connectivity index (χ0v) is 11.4. The van der Waals surface area contributed by atoms with Crippen molar-refractivity contribution in [3.8, 4) is 0 Å². The summed E-state index contributed by atoms with van der Waals surface area (Å²) in [4.78, 5) is 0. The summed E-state index contributed by atoms with van der Waals surface area (Å²) in [5.74, 6) is 1.16. The molecule has 0 spiro atoms. The summed E-state index contributed by atoms with van der Waals surface area (Å²) in [6.07, 6.45) is 5.65. The topological polar surface area (TPSA) is 40.5 Å². The largest absolute Gasteiger partial charge is 0.393 e. The van der Waals surface area contributed by atoms with E-state index < -0.39 is 5.60 Å². The molecule has 5 atom stereocenters. The Morgan fingerprint density at radius 3 is 2.35 bits per heavy atom. The van der Waals surface area contributed by atoms with Crippen LogP contribution in [0.4, 0.5) is 0 Å². The average molecular weight is 238 g/mol. The van der Waals surface area contributed by atoms with E-state index in [1.54, 1.807) is 0 Å². The molecule has 3 unspecified atom stereocenters. The Morgan fingerprint density at radius 2 is 1.71 bits per heavy atom. The van der Waals surface area contributed by atoms with E-state index in [2.05, 4.69) is 20.8 Å². The first kappa shape index (κ1) is 12.0. The first-order valence-corrected chi connectivity index (χ1v) is 7.17. The van der Waals surface area contributed by atoms with Gasteiger partial charge in [-0.1, -0.05) is 20.8 Å². The molecule has 2 heteroatoms. The van der Waals surface area contributed by atoms with Crippen molar-refractivity contribution in [2.75, 3.05) is 0 Å². The highest BCUT2D eigenvalue weighted by Gasteiger charge is 2.61. The fourth-order valence-corrected chi connectivity index (χ4v) is 5.10. The highest BCUT2D eigenvalue weighted by Crippen LogP contribution is 2.64. The Balaban J connectivity index is 1.93. The molecule has 0 aromatic rings. The highest BCUT2D eigenvalue weighted by molar-refractivity contribution is 5.12. The van der Waals surface area contributed by atoms with Crippen molar-refractivity contribution < 1.29 is 10.2 Å². The van der Waals surface area contributed by atoms with E-state index in [0.29, 0.717) is 17.3 Å². The fraction of sp³-hybridized carbons (Fsp3) is 1.00. The Labute approximate surface area is 104 Å². The van der Waals surface area contributed by atoms with Crippen LogP contribution in [0.2, 0.25) is 0 Å². The third-order valence-electron chi connectivity index (χ3n) is 6.32. The predicted molar refractivity (Wildman–Crippen MR) is 67.5 cm³/mol. The standard InChI is InChI=1S/C15H26O2/c1-13(2)8-11-10(13)4-6-14(3)9-15(11,17)7-5-12(14)16/h10-12,16-17H,4-9H2,1-3H3/t10?,11-,12+,14?,15?/m1/s1. The number of fused-ring (bicyclic) bond motifs is 4. The van der Waals surface area contributed by atoms with E-state index in [1.165, 1.54) is 12.8 Å². The maximum absolute atomic E-state index is 11.0. The van der Waals surface area contributed by atoms with Crippen molar-refractivity contribution in [2.45, 2.75) is 71.0 Å². The van der Waals surface area contributed by atoms with E-state index in [-0.39, 0.29) is 11.5 Å².